The molecule has 6 nitrogen and oxygen atoms in total. The summed E-state index contributed by atoms with van der Waals surface area (Å²) in [5.74, 6) is 0. The van der Waals surface area contributed by atoms with E-state index in [1.54, 1.807) is 12.1 Å². The molecule has 0 amide bonds. The molecule has 0 heterocycles. The molecule has 1 aromatic carbocycles. The van der Waals surface area contributed by atoms with Crippen LogP contribution in [-0.4, -0.2) is 58.1 Å². The lowest BCUT2D eigenvalue weighted by Crippen LogP contribution is -3.05. The second-order valence-corrected chi connectivity index (χ2v) is 8.94. The Hall–Kier alpha value is -1.22. The van der Waals surface area contributed by atoms with Crippen LogP contribution in [0.2, 0.25) is 0 Å². The summed E-state index contributed by atoms with van der Waals surface area (Å²) in [6.07, 6.45) is 1.05. The lowest BCUT2D eigenvalue weighted by atomic mass is 10.1. The highest BCUT2D eigenvalue weighted by atomic mass is 32.2. The number of nitrogens with zero attached hydrogens (tertiary/aromatic N) is 1. The molecule has 0 saturated heterocycles. The van der Waals surface area contributed by atoms with Gasteiger partial charge in [0.25, 0.3) is 0 Å². The fraction of sp³-hybridized carbons (Fsp3) is 0.611. The van der Waals surface area contributed by atoms with E-state index in [0.29, 0.717) is 23.1 Å². The summed E-state index contributed by atoms with van der Waals surface area (Å²) < 4.78 is 26.5. The first kappa shape index (κ1) is 22.8. The summed E-state index contributed by atoms with van der Waals surface area (Å²) in [5.41, 5.74) is 0.991. The molecule has 148 valence electrons. The molecule has 1 aromatic rings. The van der Waals surface area contributed by atoms with E-state index in [4.69, 9.17) is 12.2 Å². The van der Waals surface area contributed by atoms with E-state index in [1.807, 2.05) is 32.9 Å². The zero-order valence-electron chi connectivity index (χ0n) is 16.5. The minimum absolute atomic E-state index is 0.000295. The molecule has 0 aliphatic heterocycles. The quantitative estimate of drug-likeness (QED) is 0.399. The van der Waals surface area contributed by atoms with Crippen molar-refractivity contribution < 1.29 is 13.3 Å². The van der Waals surface area contributed by atoms with E-state index >= 15 is 0 Å². The predicted molar refractivity (Wildman–Crippen MR) is 111 cm³/mol. The third-order valence-corrected chi connectivity index (χ3v) is 6.54. The molecular formula is C18H33N4O2S2+. The monoisotopic (exact) mass is 401 g/mol. The van der Waals surface area contributed by atoms with Gasteiger partial charge in [0.15, 0.2) is 5.11 Å². The van der Waals surface area contributed by atoms with E-state index in [2.05, 4.69) is 24.7 Å². The van der Waals surface area contributed by atoms with E-state index < -0.39 is 10.0 Å². The van der Waals surface area contributed by atoms with Crippen molar-refractivity contribution in [3.8, 4) is 0 Å². The third kappa shape index (κ3) is 6.83. The molecule has 0 radical (unpaired) electrons. The number of hydrogen-bond acceptors (Lipinski definition) is 3. The average Bonchev–Trinajstić information content (AvgIpc) is 2.59. The largest absolute Gasteiger partial charge is 0.362 e. The summed E-state index contributed by atoms with van der Waals surface area (Å²) in [5, 5.41) is 7.07. The maximum atomic E-state index is 12.5. The molecule has 0 unspecified atom stereocenters. The van der Waals surface area contributed by atoms with E-state index in [1.165, 1.54) is 9.21 Å². The Bertz CT molecular complexity index is 656. The predicted octanol–water partition coefficient (Wildman–Crippen LogP) is 0.777. The summed E-state index contributed by atoms with van der Waals surface area (Å²) >= 11 is 5.33. The second-order valence-electron chi connectivity index (χ2n) is 6.59. The SMILES string of the molecule is CCN(CC)S(=O)(=O)c1ccc([C@H](C)NC(=S)NCCC[NH+](C)C)cc1. The Kier molecular flexibility index (Phi) is 9.49. The molecule has 0 saturated carbocycles. The second kappa shape index (κ2) is 10.8. The van der Waals surface area contributed by atoms with Gasteiger partial charge in [-0.2, -0.15) is 4.31 Å². The average molecular weight is 402 g/mol. The fourth-order valence-electron chi connectivity index (χ4n) is 2.62. The molecule has 0 bridgehead atoms. The van der Waals surface area contributed by atoms with E-state index in [-0.39, 0.29) is 6.04 Å². The Morgan fingerprint density at radius 1 is 1.19 bits per heavy atom. The minimum Gasteiger partial charge on any atom is -0.362 e. The van der Waals surface area contributed by atoms with E-state index in [0.717, 1.165) is 25.1 Å². The van der Waals surface area contributed by atoms with Crippen molar-refractivity contribution in [2.24, 2.45) is 0 Å². The molecule has 3 N–H and O–H groups in total. The first-order chi connectivity index (χ1) is 12.2. The number of hydrogen-bond donors (Lipinski definition) is 3. The van der Waals surface area contributed by atoms with Crippen LogP contribution in [-0.2, 0) is 10.0 Å². The van der Waals surface area contributed by atoms with Crippen LogP contribution >= 0.6 is 12.2 Å². The van der Waals surface area contributed by atoms with Crippen LogP contribution in [0.3, 0.4) is 0 Å². The van der Waals surface area contributed by atoms with Gasteiger partial charge in [-0.1, -0.05) is 26.0 Å². The molecular weight excluding hydrogens is 368 g/mol. The molecule has 0 fully saturated rings. The highest BCUT2D eigenvalue weighted by molar-refractivity contribution is 7.89. The van der Waals surface area contributed by atoms with Gasteiger partial charge in [0, 0.05) is 26.1 Å². The molecule has 1 rings (SSSR count). The zero-order valence-corrected chi connectivity index (χ0v) is 18.1. The van der Waals surface area contributed by atoms with Crippen LogP contribution in [0.5, 0.6) is 0 Å². The van der Waals surface area contributed by atoms with Gasteiger partial charge in [-0.3, -0.25) is 0 Å². The molecule has 1 atom stereocenters. The standard InChI is InChI=1S/C18H32N4O2S2/c1-6-22(7-2)26(23,24)17-11-9-16(10-12-17)15(3)20-18(25)19-13-8-14-21(4)5/h9-12,15H,6-8,13-14H2,1-5H3,(H2,19,20,25)/p+1/t15-/m0/s1. The Morgan fingerprint density at radius 2 is 1.77 bits per heavy atom. The normalized spacial score (nSPS) is 13.0. The topological polar surface area (TPSA) is 65.9 Å². The van der Waals surface area contributed by atoms with Gasteiger partial charge in [0.2, 0.25) is 10.0 Å². The van der Waals surface area contributed by atoms with Crippen molar-refractivity contribution in [3.63, 3.8) is 0 Å². The number of sulfonamides is 1. The van der Waals surface area contributed by atoms with Crippen LogP contribution in [0.4, 0.5) is 0 Å². The molecule has 26 heavy (non-hydrogen) atoms. The Morgan fingerprint density at radius 3 is 2.27 bits per heavy atom. The molecule has 8 heteroatoms. The number of rotatable bonds is 10. The van der Waals surface area contributed by atoms with Crippen LogP contribution < -0.4 is 15.5 Å². The molecule has 0 aliphatic carbocycles. The molecule has 0 spiro atoms. The van der Waals surface area contributed by atoms with Crippen LogP contribution in [0, 0.1) is 0 Å². The highest BCUT2D eigenvalue weighted by Gasteiger charge is 2.21. The minimum atomic E-state index is -3.42. The van der Waals surface area contributed by atoms with E-state index in [9.17, 15) is 8.42 Å². The molecule has 0 aliphatic rings. The van der Waals surface area contributed by atoms with Crippen molar-refractivity contribution in [2.75, 3.05) is 40.3 Å². The van der Waals surface area contributed by atoms with Crippen molar-refractivity contribution in [3.05, 3.63) is 29.8 Å². The maximum absolute atomic E-state index is 12.5. The summed E-state index contributed by atoms with van der Waals surface area (Å²) in [6.45, 7) is 8.55. The van der Waals surface area contributed by atoms with Gasteiger partial charge in [-0.25, -0.2) is 8.42 Å². The molecule has 0 aromatic heterocycles. The zero-order chi connectivity index (χ0) is 19.7. The van der Waals surface area contributed by atoms with Gasteiger partial charge < -0.3 is 15.5 Å². The van der Waals surface area contributed by atoms with Gasteiger partial charge in [-0.05, 0) is 36.8 Å². The number of benzene rings is 1. The van der Waals surface area contributed by atoms with Crippen LogP contribution in [0.25, 0.3) is 0 Å². The maximum Gasteiger partial charge on any atom is 0.243 e. The lowest BCUT2D eigenvalue weighted by Gasteiger charge is -2.20. The van der Waals surface area contributed by atoms with Gasteiger partial charge >= 0.3 is 0 Å². The summed E-state index contributed by atoms with van der Waals surface area (Å²) in [6, 6.07) is 7.01. The van der Waals surface area contributed by atoms with Crippen molar-refractivity contribution >= 4 is 27.4 Å². The number of nitrogens with one attached hydrogen (secondary N) is 3. The van der Waals surface area contributed by atoms with Crippen LogP contribution in [0.15, 0.2) is 29.2 Å². The lowest BCUT2D eigenvalue weighted by molar-refractivity contribution is -0.858. The van der Waals surface area contributed by atoms with Crippen molar-refractivity contribution in [1.82, 2.24) is 14.9 Å². The van der Waals surface area contributed by atoms with Crippen molar-refractivity contribution in [1.29, 1.82) is 0 Å². The van der Waals surface area contributed by atoms with Gasteiger partial charge in [0.05, 0.1) is 31.6 Å². The van der Waals surface area contributed by atoms with Crippen LogP contribution in [0.1, 0.15) is 38.8 Å². The van der Waals surface area contributed by atoms with Gasteiger partial charge in [0.1, 0.15) is 0 Å². The van der Waals surface area contributed by atoms with Gasteiger partial charge in [-0.15, -0.1) is 0 Å². The Labute approximate surface area is 164 Å². The number of quaternary nitrogens is 1. The summed E-state index contributed by atoms with van der Waals surface area (Å²) in [4.78, 5) is 1.74. The third-order valence-electron chi connectivity index (χ3n) is 4.21. The smallest absolute Gasteiger partial charge is 0.243 e. The number of thiocarbonyl (C=S) groups is 1. The highest BCUT2D eigenvalue weighted by Crippen LogP contribution is 2.19. The first-order valence-corrected chi connectivity index (χ1v) is 11.0. The Balaban J connectivity index is 2.63. The fourth-order valence-corrected chi connectivity index (χ4v) is 4.35. The summed E-state index contributed by atoms with van der Waals surface area (Å²) in [7, 11) is 0.840. The first-order valence-electron chi connectivity index (χ1n) is 9.15. The van der Waals surface area contributed by atoms with Crippen molar-refractivity contribution in [2.45, 2.75) is 38.1 Å².